The van der Waals surface area contributed by atoms with Gasteiger partial charge in [-0.05, 0) is 78.3 Å². The molecule has 3 aliphatic heterocycles. The van der Waals surface area contributed by atoms with E-state index in [0.29, 0.717) is 12.2 Å². The molecule has 3 aromatic rings. The summed E-state index contributed by atoms with van der Waals surface area (Å²) in [5.41, 5.74) is 14.5. The molecule has 0 radical (unpaired) electrons. The number of hydrogen-bond donors (Lipinski definition) is 0. The quantitative estimate of drug-likeness (QED) is 0.330. The Hall–Kier alpha value is -3.00. The molecule has 3 aromatic carbocycles. The smallest absolute Gasteiger partial charge is 0.113 e. The van der Waals surface area contributed by atoms with Crippen LogP contribution in [0.25, 0.3) is 22.5 Å². The molecule has 3 heterocycles. The van der Waals surface area contributed by atoms with Crippen LogP contribution in [-0.2, 0) is 17.3 Å². The molecule has 0 fully saturated rings. The summed E-state index contributed by atoms with van der Waals surface area (Å²) in [5.74, 6) is 0. The molecular weight excluding hydrogens is 484 g/mol. The largest absolute Gasteiger partial charge is 0.346 e. The van der Waals surface area contributed by atoms with Gasteiger partial charge >= 0.3 is 0 Å². The summed E-state index contributed by atoms with van der Waals surface area (Å²) < 4.78 is 0. The lowest BCUT2D eigenvalue weighted by Crippen LogP contribution is -2.58. The van der Waals surface area contributed by atoms with Crippen molar-refractivity contribution in [1.82, 2.24) is 4.90 Å². The lowest BCUT2D eigenvalue weighted by molar-refractivity contribution is 0.0825. The fourth-order valence-corrected chi connectivity index (χ4v) is 7.62. The number of rotatable bonds is 4. The van der Waals surface area contributed by atoms with E-state index in [1.165, 1.54) is 56.0 Å². The van der Waals surface area contributed by atoms with Gasteiger partial charge in [0.05, 0.1) is 17.1 Å². The highest BCUT2D eigenvalue weighted by Gasteiger charge is 2.56. The monoisotopic (exact) mass is 532 g/mol. The molecule has 0 N–H and O–H groups in total. The van der Waals surface area contributed by atoms with Gasteiger partial charge in [-0.3, -0.25) is 0 Å². The number of benzene rings is 3. The van der Waals surface area contributed by atoms with Gasteiger partial charge in [0.25, 0.3) is 0 Å². The number of fused-ring (bicyclic) bond motifs is 3. The van der Waals surface area contributed by atoms with Crippen LogP contribution >= 0.6 is 0 Å². The normalized spacial score (nSPS) is 19.3. The van der Waals surface area contributed by atoms with E-state index < -0.39 is 0 Å². The Balaban J connectivity index is 1.79. The summed E-state index contributed by atoms with van der Waals surface area (Å²) in [6.45, 7) is 23.7. The lowest BCUT2D eigenvalue weighted by Gasteiger charge is -2.54. The van der Waals surface area contributed by atoms with Gasteiger partial charge < -0.3 is 9.80 Å². The maximum atomic E-state index is 2.80. The van der Waals surface area contributed by atoms with Crippen LogP contribution in [0, 0.1) is 5.41 Å². The fraction of sp³-hybridized carbons (Fsp3) is 0.474. The fourth-order valence-electron chi connectivity index (χ4n) is 7.62. The Labute approximate surface area is 243 Å². The predicted molar refractivity (Wildman–Crippen MR) is 172 cm³/mol. The van der Waals surface area contributed by atoms with Crippen molar-refractivity contribution in [2.45, 2.75) is 112 Å². The van der Waals surface area contributed by atoms with Gasteiger partial charge in [0.2, 0.25) is 0 Å². The second kappa shape index (κ2) is 9.00. The molecule has 0 amide bonds. The Kier molecular flexibility index (Phi) is 6.12. The van der Waals surface area contributed by atoms with Crippen LogP contribution in [0.15, 0.2) is 60.7 Å². The van der Waals surface area contributed by atoms with Crippen LogP contribution in [0.2, 0.25) is 0 Å². The summed E-state index contributed by atoms with van der Waals surface area (Å²) in [6, 6.07) is 24.0. The van der Waals surface area contributed by atoms with Crippen LogP contribution in [0.3, 0.4) is 0 Å². The second-order valence-corrected chi connectivity index (χ2v) is 14.8. The van der Waals surface area contributed by atoms with Crippen molar-refractivity contribution >= 4 is 17.1 Å². The summed E-state index contributed by atoms with van der Waals surface area (Å²) in [6.07, 6.45) is 3.75. The number of nitrogens with zero attached hydrogens (tertiary/aromatic N) is 2. The summed E-state index contributed by atoms with van der Waals surface area (Å²) in [4.78, 5) is 5.59. The SMILES string of the molecule is CCC1(CC)Cc2cc(C(C)(C)C)cc3c2N2C(=C(c4ccccc4)N(C(C)C)C21)c1ccc(C(C)(C)C)cc1-3. The Morgan fingerprint density at radius 1 is 0.750 bits per heavy atom. The Morgan fingerprint density at radius 2 is 1.38 bits per heavy atom. The van der Waals surface area contributed by atoms with Crippen LogP contribution < -0.4 is 4.90 Å². The first-order valence-corrected chi connectivity index (χ1v) is 15.5. The highest BCUT2D eigenvalue weighted by molar-refractivity contribution is 6.10. The van der Waals surface area contributed by atoms with Gasteiger partial charge in [-0.15, -0.1) is 0 Å². The molecule has 2 nitrogen and oxygen atoms in total. The van der Waals surface area contributed by atoms with Gasteiger partial charge in [-0.25, -0.2) is 0 Å². The first kappa shape index (κ1) is 27.2. The highest BCUT2D eigenvalue weighted by atomic mass is 15.4. The molecule has 3 aliphatic rings. The minimum Gasteiger partial charge on any atom is -0.346 e. The maximum Gasteiger partial charge on any atom is 0.113 e. The predicted octanol–water partition coefficient (Wildman–Crippen LogP) is 10.0. The van der Waals surface area contributed by atoms with Gasteiger partial charge in [0.15, 0.2) is 0 Å². The summed E-state index contributed by atoms with van der Waals surface area (Å²) in [5, 5.41) is 0. The zero-order valence-electron chi connectivity index (χ0n) is 26.4. The molecule has 1 unspecified atom stereocenters. The number of hydrogen-bond acceptors (Lipinski definition) is 2. The number of anilines is 1. The topological polar surface area (TPSA) is 6.48 Å². The van der Waals surface area contributed by atoms with Crippen molar-refractivity contribution in [3.05, 3.63) is 88.5 Å². The van der Waals surface area contributed by atoms with Gasteiger partial charge in [0.1, 0.15) is 6.17 Å². The highest BCUT2D eigenvalue weighted by Crippen LogP contribution is 2.62. The van der Waals surface area contributed by atoms with E-state index in [1.807, 2.05) is 0 Å². The average molecular weight is 533 g/mol. The van der Waals surface area contributed by atoms with E-state index in [2.05, 4.69) is 140 Å². The van der Waals surface area contributed by atoms with Gasteiger partial charge in [-0.2, -0.15) is 0 Å². The Morgan fingerprint density at radius 3 is 1.95 bits per heavy atom. The van der Waals surface area contributed by atoms with E-state index in [4.69, 9.17) is 0 Å². The molecule has 40 heavy (non-hydrogen) atoms. The van der Waals surface area contributed by atoms with Crippen molar-refractivity contribution < 1.29 is 0 Å². The van der Waals surface area contributed by atoms with E-state index in [1.54, 1.807) is 0 Å². The second-order valence-electron chi connectivity index (χ2n) is 14.8. The van der Waals surface area contributed by atoms with Crippen molar-refractivity contribution in [3.8, 4) is 11.1 Å². The van der Waals surface area contributed by atoms with Crippen molar-refractivity contribution in [2.75, 3.05) is 4.90 Å². The Bertz CT molecular complexity index is 1490. The first-order chi connectivity index (χ1) is 18.8. The van der Waals surface area contributed by atoms with Crippen LogP contribution in [0.4, 0.5) is 5.69 Å². The standard InChI is InChI=1S/C38H48N2/c1-11-38(12-2)23-26-20-28(37(8,9)10)22-31-30-21-27(36(5,6)7)18-19-29(30)34-33(25-16-14-13-15-17-25)39(24(3)4)35(38)40(34)32(26)31/h13-22,24,35H,11-12,23H2,1-10H3. The molecular formula is C38H48N2. The van der Waals surface area contributed by atoms with Crippen LogP contribution in [0.5, 0.6) is 0 Å². The molecule has 0 saturated heterocycles. The maximum absolute atomic E-state index is 2.80. The van der Waals surface area contributed by atoms with Crippen molar-refractivity contribution in [3.63, 3.8) is 0 Å². The van der Waals surface area contributed by atoms with E-state index in [0.717, 1.165) is 19.3 Å². The van der Waals surface area contributed by atoms with E-state index in [-0.39, 0.29) is 16.2 Å². The summed E-state index contributed by atoms with van der Waals surface area (Å²) in [7, 11) is 0. The summed E-state index contributed by atoms with van der Waals surface area (Å²) >= 11 is 0. The zero-order chi connectivity index (χ0) is 28.8. The molecule has 2 heteroatoms. The molecule has 0 bridgehead atoms. The van der Waals surface area contributed by atoms with Gasteiger partial charge in [0, 0.05) is 28.1 Å². The lowest BCUT2D eigenvalue weighted by atomic mass is 9.67. The molecule has 1 atom stereocenters. The zero-order valence-corrected chi connectivity index (χ0v) is 26.4. The third kappa shape index (κ3) is 3.81. The van der Waals surface area contributed by atoms with E-state index >= 15 is 0 Å². The molecule has 0 aromatic heterocycles. The molecule has 0 saturated carbocycles. The molecule has 0 aliphatic carbocycles. The first-order valence-electron chi connectivity index (χ1n) is 15.5. The molecule has 0 spiro atoms. The molecule has 210 valence electrons. The van der Waals surface area contributed by atoms with Gasteiger partial charge in [-0.1, -0.05) is 104 Å². The van der Waals surface area contributed by atoms with Crippen molar-refractivity contribution in [2.24, 2.45) is 5.41 Å². The minimum atomic E-state index is 0.0889. The van der Waals surface area contributed by atoms with E-state index in [9.17, 15) is 0 Å². The van der Waals surface area contributed by atoms with Crippen LogP contribution in [0.1, 0.15) is 110 Å². The average Bonchev–Trinajstić information content (AvgIpc) is 3.29. The third-order valence-corrected chi connectivity index (χ3v) is 10.1. The minimum absolute atomic E-state index is 0.0889. The van der Waals surface area contributed by atoms with Crippen LogP contribution in [-0.4, -0.2) is 17.1 Å². The van der Waals surface area contributed by atoms with Crippen molar-refractivity contribution in [1.29, 1.82) is 0 Å². The molecule has 6 rings (SSSR count). The third-order valence-electron chi connectivity index (χ3n) is 10.1.